The van der Waals surface area contributed by atoms with E-state index in [9.17, 15) is 18.0 Å². The van der Waals surface area contributed by atoms with Crippen molar-refractivity contribution < 1.29 is 22.7 Å². The predicted molar refractivity (Wildman–Crippen MR) is 81.3 cm³/mol. The average molecular weight is 349 g/mol. The molecule has 4 nitrogen and oxygen atoms in total. The highest BCUT2D eigenvalue weighted by molar-refractivity contribution is 6.35. The zero-order valence-electron chi connectivity index (χ0n) is 12.6. The van der Waals surface area contributed by atoms with Crippen molar-refractivity contribution in [2.75, 3.05) is 13.6 Å². The number of benzene rings is 1. The van der Waals surface area contributed by atoms with E-state index in [4.69, 9.17) is 16.3 Å². The van der Waals surface area contributed by atoms with E-state index in [1.165, 1.54) is 14.0 Å². The Morgan fingerprint density at radius 3 is 2.74 bits per heavy atom. The first-order valence-electron chi connectivity index (χ1n) is 6.87. The molecule has 126 valence electrons. The fourth-order valence-corrected chi connectivity index (χ4v) is 2.35. The van der Waals surface area contributed by atoms with Crippen molar-refractivity contribution in [2.24, 2.45) is 0 Å². The summed E-state index contributed by atoms with van der Waals surface area (Å²) in [5.41, 5.74) is 1.41. The molecule has 2 aromatic rings. The molecule has 1 aromatic carbocycles. The van der Waals surface area contributed by atoms with E-state index in [0.717, 1.165) is 15.8 Å². The number of halogens is 4. The molecule has 0 aliphatic heterocycles. The maximum Gasteiger partial charge on any atom is 0.401 e. The Morgan fingerprint density at radius 2 is 2.13 bits per heavy atom. The van der Waals surface area contributed by atoms with Crippen LogP contribution in [0.1, 0.15) is 12.6 Å². The summed E-state index contributed by atoms with van der Waals surface area (Å²) >= 11 is 6.05. The first-order chi connectivity index (χ1) is 10.7. The number of ether oxygens (including phenoxy) is 1. The number of H-pyrrole nitrogens is 1. The van der Waals surface area contributed by atoms with Gasteiger partial charge in [0.15, 0.2) is 0 Å². The molecule has 0 unspecified atom stereocenters. The fourth-order valence-electron chi connectivity index (χ4n) is 2.12. The van der Waals surface area contributed by atoms with Gasteiger partial charge in [0, 0.05) is 15.9 Å². The van der Waals surface area contributed by atoms with E-state index in [2.05, 4.69) is 4.98 Å². The minimum absolute atomic E-state index is 0.0615. The van der Waals surface area contributed by atoms with E-state index >= 15 is 0 Å². The number of esters is 1. The highest BCUT2D eigenvalue weighted by atomic mass is 35.5. The van der Waals surface area contributed by atoms with Gasteiger partial charge in [0.2, 0.25) is 0 Å². The number of hydrogen-bond acceptors (Lipinski definition) is 3. The number of aromatic nitrogens is 1. The standard InChI is InChI=1S/C15H16ClF3N2O2/c1-9(21(2)8-15(17,18)19)14(22)23-7-10-6-11-12(16)4-3-5-13(11)20-10/h3-6,9,20H,7-8H2,1-2H3/t9-/m1/s1. The van der Waals surface area contributed by atoms with Crippen molar-refractivity contribution in [3.63, 3.8) is 0 Å². The second-order valence-electron chi connectivity index (χ2n) is 5.31. The smallest absolute Gasteiger partial charge is 0.401 e. The van der Waals surface area contributed by atoms with Crippen LogP contribution in [0.5, 0.6) is 0 Å². The molecule has 23 heavy (non-hydrogen) atoms. The molecule has 0 saturated heterocycles. The number of rotatable bonds is 5. The monoisotopic (exact) mass is 348 g/mol. The minimum Gasteiger partial charge on any atom is -0.458 e. The Labute approximate surface area is 136 Å². The summed E-state index contributed by atoms with van der Waals surface area (Å²) in [6.07, 6.45) is -4.36. The Kier molecular flexibility index (Phi) is 5.21. The summed E-state index contributed by atoms with van der Waals surface area (Å²) in [7, 11) is 1.22. The van der Waals surface area contributed by atoms with Crippen LogP contribution in [0.25, 0.3) is 10.9 Å². The molecule has 1 N–H and O–H groups in total. The number of nitrogens with one attached hydrogen (secondary N) is 1. The van der Waals surface area contributed by atoms with Crippen molar-refractivity contribution in [1.29, 1.82) is 0 Å². The van der Waals surface area contributed by atoms with Crippen LogP contribution >= 0.6 is 11.6 Å². The van der Waals surface area contributed by atoms with Crippen LogP contribution in [0.2, 0.25) is 5.02 Å². The molecule has 1 atom stereocenters. The molecular formula is C15H16ClF3N2O2. The Bertz CT molecular complexity index is 700. The van der Waals surface area contributed by atoms with E-state index in [0.29, 0.717) is 10.7 Å². The summed E-state index contributed by atoms with van der Waals surface area (Å²) in [6, 6.07) is 6.10. The molecule has 0 amide bonds. The molecule has 0 aliphatic carbocycles. The Balaban J connectivity index is 1.96. The lowest BCUT2D eigenvalue weighted by Crippen LogP contribution is -2.42. The van der Waals surface area contributed by atoms with Gasteiger partial charge in [0.1, 0.15) is 12.6 Å². The first kappa shape index (κ1) is 17.6. The number of alkyl halides is 3. The van der Waals surface area contributed by atoms with Crippen molar-refractivity contribution in [3.8, 4) is 0 Å². The molecule has 0 fully saturated rings. The maximum absolute atomic E-state index is 12.3. The number of aromatic amines is 1. The van der Waals surface area contributed by atoms with Gasteiger partial charge in [0.05, 0.1) is 12.2 Å². The molecule has 0 radical (unpaired) electrons. The molecule has 0 bridgehead atoms. The third-order valence-corrected chi connectivity index (χ3v) is 3.80. The van der Waals surface area contributed by atoms with Crippen LogP contribution < -0.4 is 0 Å². The van der Waals surface area contributed by atoms with Crippen LogP contribution in [-0.4, -0.2) is 41.7 Å². The second-order valence-corrected chi connectivity index (χ2v) is 5.72. The quantitative estimate of drug-likeness (QED) is 0.837. The van der Waals surface area contributed by atoms with Gasteiger partial charge < -0.3 is 9.72 Å². The second kappa shape index (κ2) is 6.80. The Morgan fingerprint density at radius 1 is 1.43 bits per heavy atom. The average Bonchev–Trinajstić information content (AvgIpc) is 2.86. The first-order valence-corrected chi connectivity index (χ1v) is 7.25. The molecule has 2 rings (SSSR count). The van der Waals surface area contributed by atoms with Gasteiger partial charge in [-0.2, -0.15) is 13.2 Å². The Hall–Kier alpha value is -1.73. The van der Waals surface area contributed by atoms with E-state index < -0.39 is 24.7 Å². The van der Waals surface area contributed by atoms with Crippen molar-refractivity contribution in [1.82, 2.24) is 9.88 Å². The van der Waals surface area contributed by atoms with Crippen LogP contribution in [0.4, 0.5) is 13.2 Å². The summed E-state index contributed by atoms with van der Waals surface area (Å²) in [5.74, 6) is -0.721. The molecule has 8 heteroatoms. The summed E-state index contributed by atoms with van der Waals surface area (Å²) < 4.78 is 42.0. The van der Waals surface area contributed by atoms with Gasteiger partial charge in [-0.15, -0.1) is 0 Å². The summed E-state index contributed by atoms with van der Waals surface area (Å²) in [4.78, 5) is 15.8. The lowest BCUT2D eigenvalue weighted by molar-refractivity contribution is -0.162. The largest absolute Gasteiger partial charge is 0.458 e. The van der Waals surface area contributed by atoms with Crippen molar-refractivity contribution in [2.45, 2.75) is 25.7 Å². The van der Waals surface area contributed by atoms with Gasteiger partial charge in [0.25, 0.3) is 0 Å². The number of fused-ring (bicyclic) bond motifs is 1. The van der Waals surface area contributed by atoms with Crippen LogP contribution in [0, 0.1) is 0 Å². The highest BCUT2D eigenvalue weighted by Gasteiger charge is 2.33. The number of hydrogen-bond donors (Lipinski definition) is 1. The summed E-state index contributed by atoms with van der Waals surface area (Å²) in [6.45, 7) is 0.134. The van der Waals surface area contributed by atoms with Gasteiger partial charge in [-0.05, 0) is 32.2 Å². The molecular weight excluding hydrogens is 333 g/mol. The number of carbonyl (C=O) groups excluding carboxylic acids is 1. The van der Waals surface area contributed by atoms with Crippen LogP contribution in [0.3, 0.4) is 0 Å². The van der Waals surface area contributed by atoms with Gasteiger partial charge >= 0.3 is 12.1 Å². The zero-order chi connectivity index (χ0) is 17.2. The highest BCUT2D eigenvalue weighted by Crippen LogP contribution is 2.24. The van der Waals surface area contributed by atoms with Gasteiger partial charge in [-0.3, -0.25) is 9.69 Å². The van der Waals surface area contributed by atoms with Crippen LogP contribution in [-0.2, 0) is 16.1 Å². The van der Waals surface area contributed by atoms with Gasteiger partial charge in [-0.25, -0.2) is 0 Å². The number of carbonyl (C=O) groups is 1. The van der Waals surface area contributed by atoms with E-state index in [1.807, 2.05) is 6.07 Å². The van der Waals surface area contributed by atoms with Crippen molar-refractivity contribution in [3.05, 3.63) is 35.0 Å². The molecule has 1 aromatic heterocycles. The maximum atomic E-state index is 12.3. The predicted octanol–water partition coefficient (Wildman–Crippen LogP) is 3.75. The molecule has 0 spiro atoms. The molecule has 0 saturated carbocycles. The fraction of sp³-hybridized carbons (Fsp3) is 0.400. The summed E-state index contributed by atoms with van der Waals surface area (Å²) in [5, 5.41) is 1.36. The third-order valence-electron chi connectivity index (χ3n) is 3.47. The van der Waals surface area contributed by atoms with E-state index in [-0.39, 0.29) is 6.61 Å². The molecule has 1 heterocycles. The van der Waals surface area contributed by atoms with Crippen LogP contribution in [0.15, 0.2) is 24.3 Å². The number of likely N-dealkylation sites (N-methyl/N-ethyl adjacent to an activating group) is 1. The third kappa shape index (κ3) is 4.62. The lowest BCUT2D eigenvalue weighted by Gasteiger charge is -2.23. The van der Waals surface area contributed by atoms with Gasteiger partial charge in [-0.1, -0.05) is 17.7 Å². The normalized spacial score (nSPS) is 13.5. The lowest BCUT2D eigenvalue weighted by atomic mass is 10.2. The number of nitrogens with zero attached hydrogens (tertiary/aromatic N) is 1. The van der Waals surface area contributed by atoms with Crippen molar-refractivity contribution >= 4 is 28.5 Å². The minimum atomic E-state index is -4.36. The SMILES string of the molecule is C[C@H](C(=O)OCc1cc2c(Cl)cccc2[nH]1)N(C)CC(F)(F)F. The van der Waals surface area contributed by atoms with E-state index in [1.54, 1.807) is 18.2 Å². The molecule has 0 aliphatic rings. The zero-order valence-corrected chi connectivity index (χ0v) is 13.3. The topological polar surface area (TPSA) is 45.3 Å².